The molecule has 0 aliphatic carbocycles. The molecule has 3 amide bonds. The van der Waals surface area contributed by atoms with Gasteiger partial charge in [-0.15, -0.1) is 0 Å². The zero-order chi connectivity index (χ0) is 21.3. The zero-order valence-electron chi connectivity index (χ0n) is 15.3. The molecule has 0 radical (unpaired) electrons. The Hall–Kier alpha value is -3.40. The van der Waals surface area contributed by atoms with Gasteiger partial charge in [-0.2, -0.15) is 4.99 Å². The Morgan fingerprint density at radius 3 is 2.23 bits per heavy atom. The second kappa shape index (κ2) is 8.15. The van der Waals surface area contributed by atoms with Crippen molar-refractivity contribution in [3.05, 3.63) is 0 Å². The number of amides is 3. The van der Waals surface area contributed by atoms with Crippen molar-refractivity contribution in [1.82, 2.24) is 16.0 Å². The lowest BCUT2D eigenvalue weighted by Gasteiger charge is -2.16. The van der Waals surface area contributed by atoms with E-state index in [4.69, 9.17) is 4.74 Å². The number of rotatable bonds is 1. The fraction of sp³-hybridized carbons (Fsp3) is 0.286. The number of nitrogens with one attached hydrogen (secondary N) is 3. The van der Waals surface area contributed by atoms with Crippen molar-refractivity contribution in [3.8, 4) is 0 Å². The molecule has 4 rings (SSSR count). The van der Waals surface area contributed by atoms with Crippen LogP contribution in [0.15, 0.2) is 34.9 Å². The minimum Gasteiger partial charge on any atom is -0.486 e. The molecule has 2 unspecified atom stereocenters. The Morgan fingerprint density at radius 1 is 1.03 bits per heavy atom. The Labute approximate surface area is 176 Å². The van der Waals surface area contributed by atoms with Gasteiger partial charge in [0.25, 0.3) is 11.8 Å². The number of carbonyl (C=O) groups excluding carboxylic acids is 3. The Kier molecular flexibility index (Phi) is 5.40. The molecule has 154 valence electrons. The number of hydrogen-bond acceptors (Lipinski definition) is 13. The molecular weight excluding hydrogens is 436 g/mol. The lowest BCUT2D eigenvalue weighted by Crippen LogP contribution is -2.51. The quantitative estimate of drug-likeness (QED) is 0.247. The van der Waals surface area contributed by atoms with E-state index in [9.17, 15) is 14.4 Å². The zero-order valence-corrected chi connectivity index (χ0v) is 16.9. The Balaban J connectivity index is 1.43. The van der Waals surface area contributed by atoms with E-state index in [2.05, 4.69) is 50.9 Å². The van der Waals surface area contributed by atoms with Crippen LogP contribution in [-0.2, 0) is 19.1 Å². The predicted octanol–water partition coefficient (Wildman–Crippen LogP) is -1.58. The van der Waals surface area contributed by atoms with E-state index in [1.54, 1.807) is 0 Å². The normalized spacial score (nSPS) is 24.5. The fourth-order valence-corrected chi connectivity index (χ4v) is 4.06. The fourth-order valence-electron chi connectivity index (χ4n) is 2.42. The van der Waals surface area contributed by atoms with Gasteiger partial charge in [0.2, 0.25) is 17.8 Å². The molecule has 0 fully saturated rings. The molecule has 14 nitrogen and oxygen atoms in total. The highest BCUT2D eigenvalue weighted by Gasteiger charge is 2.35. The first kappa shape index (κ1) is 19.9. The third kappa shape index (κ3) is 4.13. The highest BCUT2D eigenvalue weighted by Crippen LogP contribution is 2.32. The van der Waals surface area contributed by atoms with Crippen molar-refractivity contribution in [2.24, 2.45) is 34.9 Å². The van der Waals surface area contributed by atoms with Crippen molar-refractivity contribution in [1.29, 1.82) is 0 Å². The van der Waals surface area contributed by atoms with Gasteiger partial charge in [-0.1, -0.05) is 0 Å². The van der Waals surface area contributed by atoms with Crippen molar-refractivity contribution in [2.45, 2.75) is 19.3 Å². The van der Waals surface area contributed by atoms with E-state index in [0.29, 0.717) is 5.17 Å². The topological polar surface area (TPSA) is 183 Å². The van der Waals surface area contributed by atoms with Crippen LogP contribution in [0.1, 0.15) is 6.92 Å². The highest BCUT2D eigenvalue weighted by atomic mass is 33.1. The van der Waals surface area contributed by atoms with Crippen LogP contribution < -0.4 is 16.0 Å². The van der Waals surface area contributed by atoms with Crippen LogP contribution >= 0.6 is 21.6 Å². The summed E-state index contributed by atoms with van der Waals surface area (Å²) in [6.07, 6.45) is -0.487. The lowest BCUT2D eigenvalue weighted by atomic mass is 10.2. The summed E-state index contributed by atoms with van der Waals surface area (Å²) in [4.78, 5) is 64.3. The second-order valence-electron chi connectivity index (χ2n) is 5.72. The van der Waals surface area contributed by atoms with Crippen LogP contribution in [0, 0.1) is 0 Å². The average molecular weight is 448 g/mol. The van der Waals surface area contributed by atoms with Crippen LogP contribution in [0.3, 0.4) is 0 Å². The van der Waals surface area contributed by atoms with Crippen LogP contribution in [0.2, 0.25) is 0 Å². The Morgan fingerprint density at radius 2 is 1.63 bits per heavy atom. The molecule has 0 saturated heterocycles. The maximum atomic E-state index is 12.1. The number of fused-ring (bicyclic) bond motifs is 2. The number of hydrogen-bond donors (Lipinski definition) is 3. The van der Waals surface area contributed by atoms with E-state index in [1.165, 1.54) is 14.0 Å². The Bertz CT molecular complexity index is 1060. The van der Waals surface area contributed by atoms with Crippen molar-refractivity contribution in [2.75, 3.05) is 7.11 Å². The van der Waals surface area contributed by atoms with Crippen molar-refractivity contribution in [3.63, 3.8) is 0 Å². The lowest BCUT2D eigenvalue weighted by molar-refractivity contribution is -0.117. The van der Waals surface area contributed by atoms with Gasteiger partial charge in [0.05, 0.1) is 7.11 Å². The summed E-state index contributed by atoms with van der Waals surface area (Å²) in [7, 11) is 3.63. The molecule has 16 heteroatoms. The van der Waals surface area contributed by atoms with Gasteiger partial charge < -0.3 is 4.74 Å². The summed E-state index contributed by atoms with van der Waals surface area (Å²) < 4.78 is 4.70. The maximum absolute atomic E-state index is 12.1. The summed E-state index contributed by atoms with van der Waals surface area (Å²) in [5, 5.41) is 7.88. The SMILES string of the molecule is CO/C=N\C1=NC2N=C(SSC3=NC4N=C(NC(C)=O)NC(=O)C4=N3)N=C2C(=O)N1. The molecule has 0 aromatic rings. The third-order valence-corrected chi connectivity index (χ3v) is 5.49. The molecule has 4 aliphatic heterocycles. The largest absolute Gasteiger partial charge is 0.486 e. The number of nitrogens with zero attached hydrogens (tertiary/aromatic N) is 7. The molecule has 4 aliphatic rings. The van der Waals surface area contributed by atoms with Gasteiger partial charge in [-0.05, 0) is 21.6 Å². The molecule has 4 heterocycles. The van der Waals surface area contributed by atoms with Gasteiger partial charge in [0.15, 0.2) is 40.5 Å². The number of aliphatic imine (C=N–C) groups is 7. The summed E-state index contributed by atoms with van der Waals surface area (Å²) in [5.74, 6) is -1.23. The van der Waals surface area contributed by atoms with Gasteiger partial charge in [-0.25, -0.2) is 30.0 Å². The summed E-state index contributed by atoms with van der Waals surface area (Å²) in [5.41, 5.74) is 0.261. The molecular formula is C14H12N10O4S2. The van der Waals surface area contributed by atoms with Gasteiger partial charge in [0.1, 0.15) is 0 Å². The van der Waals surface area contributed by atoms with E-state index < -0.39 is 24.1 Å². The average Bonchev–Trinajstić information content (AvgIpc) is 3.28. The smallest absolute Gasteiger partial charge is 0.276 e. The first-order valence-electron chi connectivity index (χ1n) is 8.21. The minimum atomic E-state index is -0.834. The van der Waals surface area contributed by atoms with Crippen LogP contribution in [0.4, 0.5) is 0 Å². The third-order valence-electron chi connectivity index (χ3n) is 3.57. The number of amidine groups is 2. The number of guanidine groups is 2. The van der Waals surface area contributed by atoms with Gasteiger partial charge in [-0.3, -0.25) is 30.3 Å². The first-order chi connectivity index (χ1) is 14.4. The molecule has 0 aromatic heterocycles. The van der Waals surface area contributed by atoms with Gasteiger partial charge in [0, 0.05) is 6.92 Å². The molecule has 0 bridgehead atoms. The van der Waals surface area contributed by atoms with Crippen molar-refractivity contribution < 1.29 is 19.1 Å². The summed E-state index contributed by atoms with van der Waals surface area (Å²) in [6.45, 7) is 1.30. The van der Waals surface area contributed by atoms with Crippen LogP contribution in [-0.4, -0.2) is 77.2 Å². The summed E-state index contributed by atoms with van der Waals surface area (Å²) in [6, 6.07) is 0. The monoisotopic (exact) mass is 448 g/mol. The second-order valence-corrected chi connectivity index (χ2v) is 7.79. The number of methoxy groups -OCH3 is 1. The molecule has 0 spiro atoms. The van der Waals surface area contributed by atoms with Gasteiger partial charge >= 0.3 is 0 Å². The van der Waals surface area contributed by atoms with E-state index >= 15 is 0 Å². The molecule has 0 saturated carbocycles. The first-order valence-corrected chi connectivity index (χ1v) is 10.4. The maximum Gasteiger partial charge on any atom is 0.276 e. The van der Waals surface area contributed by atoms with E-state index in [-0.39, 0.29) is 34.4 Å². The highest BCUT2D eigenvalue weighted by molar-refractivity contribution is 8.87. The molecule has 2 atom stereocenters. The van der Waals surface area contributed by atoms with Crippen molar-refractivity contribution >= 4 is 79.4 Å². The number of carbonyl (C=O) groups is 3. The van der Waals surface area contributed by atoms with E-state index in [1.807, 2.05) is 0 Å². The minimum absolute atomic E-state index is 0.0190. The summed E-state index contributed by atoms with van der Waals surface area (Å²) >= 11 is 0. The molecule has 30 heavy (non-hydrogen) atoms. The standard InChI is InChI=1S/C14H12N10O4S2/c1-4(25)16-12-20-8-6(10(27)24-12)18-14(22-8)30-29-13-17-5-7(21-13)19-11(15-3-28-2)23-9(5)26/h3,7-8H,1-2H3,(H,19,23,26)(H2,16,20,24,25,27)/b15-3-. The van der Waals surface area contributed by atoms with E-state index in [0.717, 1.165) is 28.0 Å². The molecule has 0 aromatic carbocycles. The van der Waals surface area contributed by atoms with Crippen LogP contribution in [0.5, 0.6) is 0 Å². The number of ether oxygens (including phenoxy) is 1. The van der Waals surface area contributed by atoms with Crippen LogP contribution in [0.25, 0.3) is 0 Å². The molecule has 3 N–H and O–H groups in total. The predicted molar refractivity (Wildman–Crippen MR) is 113 cm³/mol.